The van der Waals surface area contributed by atoms with Crippen molar-refractivity contribution in [2.24, 2.45) is 0 Å². The van der Waals surface area contributed by atoms with E-state index in [1.165, 1.54) is 0 Å². The molecule has 0 heterocycles. The molecule has 60 valence electrons. The van der Waals surface area contributed by atoms with Crippen molar-refractivity contribution in [2.75, 3.05) is 6.54 Å². The van der Waals surface area contributed by atoms with E-state index in [0.717, 1.165) is 5.56 Å². The van der Waals surface area contributed by atoms with Gasteiger partial charge in [-0.05, 0) is 30.7 Å². The molecule has 0 bridgehead atoms. The summed E-state index contributed by atoms with van der Waals surface area (Å²) in [6, 6.07) is 6.82. The standard InChI is InChI=1S/C8H10NO2/c10-8-3-1-7(2-4-8)5-6-9-11/h1-4,9-10H,5-6H2/q-1. The molecule has 0 saturated carbocycles. The molecule has 1 aromatic rings. The highest BCUT2D eigenvalue weighted by Crippen LogP contribution is 2.09. The number of phenolic OH excluding ortho intramolecular Hbond substituents is 1. The van der Waals surface area contributed by atoms with E-state index in [2.05, 4.69) is 0 Å². The van der Waals surface area contributed by atoms with Gasteiger partial charge in [-0.3, -0.25) is 0 Å². The lowest BCUT2D eigenvalue weighted by Crippen LogP contribution is -2.07. The summed E-state index contributed by atoms with van der Waals surface area (Å²) in [5.74, 6) is 0.254. The van der Waals surface area contributed by atoms with Gasteiger partial charge in [0, 0.05) is 0 Å². The normalized spacial score (nSPS) is 9.91. The number of hydrogen-bond donors (Lipinski definition) is 2. The highest BCUT2D eigenvalue weighted by atomic mass is 16.5. The molecule has 0 unspecified atom stereocenters. The molecule has 0 aliphatic carbocycles. The Balaban J connectivity index is 2.52. The molecule has 0 aliphatic heterocycles. The number of aromatic hydroxyl groups is 1. The Bertz CT molecular complexity index is 208. The number of rotatable bonds is 3. The Kier molecular flexibility index (Phi) is 2.89. The Morgan fingerprint density at radius 3 is 2.45 bits per heavy atom. The van der Waals surface area contributed by atoms with Crippen LogP contribution in [0.25, 0.3) is 0 Å². The fourth-order valence-electron chi connectivity index (χ4n) is 0.858. The van der Waals surface area contributed by atoms with E-state index >= 15 is 0 Å². The molecule has 3 heteroatoms. The van der Waals surface area contributed by atoms with Crippen LogP contribution >= 0.6 is 0 Å². The first kappa shape index (κ1) is 8.04. The quantitative estimate of drug-likeness (QED) is 0.636. The average Bonchev–Trinajstić information content (AvgIpc) is 2.04. The van der Waals surface area contributed by atoms with Gasteiger partial charge in [-0.25, -0.2) is 0 Å². The van der Waals surface area contributed by atoms with Gasteiger partial charge in [0.25, 0.3) is 0 Å². The zero-order valence-electron chi connectivity index (χ0n) is 6.08. The maximum Gasteiger partial charge on any atom is 0.115 e. The third kappa shape index (κ3) is 2.57. The summed E-state index contributed by atoms with van der Waals surface area (Å²) in [6.07, 6.45) is 0.698. The topological polar surface area (TPSA) is 55.3 Å². The van der Waals surface area contributed by atoms with Crippen LogP contribution in [0.15, 0.2) is 24.3 Å². The Hall–Kier alpha value is -1.06. The monoisotopic (exact) mass is 152 g/mol. The Morgan fingerprint density at radius 2 is 1.91 bits per heavy atom. The fourth-order valence-corrected chi connectivity index (χ4v) is 0.858. The lowest BCUT2D eigenvalue weighted by Gasteiger charge is -2.06. The van der Waals surface area contributed by atoms with Crippen molar-refractivity contribution in [1.29, 1.82) is 0 Å². The summed E-state index contributed by atoms with van der Waals surface area (Å²) in [7, 11) is 0. The lowest BCUT2D eigenvalue weighted by molar-refractivity contribution is 0.475. The molecular formula is C8H10NO2-. The average molecular weight is 152 g/mol. The molecule has 1 rings (SSSR count). The van der Waals surface area contributed by atoms with Crippen molar-refractivity contribution in [2.45, 2.75) is 6.42 Å². The van der Waals surface area contributed by atoms with E-state index in [1.54, 1.807) is 24.3 Å². The second-order valence-corrected chi connectivity index (χ2v) is 2.31. The van der Waals surface area contributed by atoms with Crippen LogP contribution in [0, 0.1) is 5.21 Å². The molecule has 3 nitrogen and oxygen atoms in total. The van der Waals surface area contributed by atoms with Crippen LogP contribution in [0.1, 0.15) is 5.56 Å². The molecular weight excluding hydrogens is 142 g/mol. The predicted molar refractivity (Wildman–Crippen MR) is 43.2 cm³/mol. The van der Waals surface area contributed by atoms with Gasteiger partial charge in [0.15, 0.2) is 0 Å². The number of nitrogens with one attached hydrogen (secondary N) is 1. The van der Waals surface area contributed by atoms with E-state index < -0.39 is 0 Å². The first-order valence-electron chi connectivity index (χ1n) is 3.46. The number of hydrogen-bond acceptors (Lipinski definition) is 3. The molecule has 0 saturated heterocycles. The number of benzene rings is 1. The van der Waals surface area contributed by atoms with Crippen molar-refractivity contribution in [1.82, 2.24) is 5.48 Å². The van der Waals surface area contributed by atoms with Crippen LogP contribution < -0.4 is 5.48 Å². The van der Waals surface area contributed by atoms with Gasteiger partial charge >= 0.3 is 0 Å². The SMILES string of the molecule is [O-]NCCc1ccc(O)cc1. The minimum atomic E-state index is 0.254. The van der Waals surface area contributed by atoms with E-state index in [9.17, 15) is 5.21 Å². The van der Waals surface area contributed by atoms with Gasteiger partial charge in [0.05, 0.1) is 0 Å². The molecule has 2 N–H and O–H groups in total. The number of phenols is 1. The summed E-state index contributed by atoms with van der Waals surface area (Å²) in [4.78, 5) is 0. The highest BCUT2D eigenvalue weighted by Gasteiger charge is 1.90. The molecule has 0 atom stereocenters. The Morgan fingerprint density at radius 1 is 1.27 bits per heavy atom. The molecule has 0 amide bonds. The molecule has 0 radical (unpaired) electrons. The molecule has 0 fully saturated rings. The van der Waals surface area contributed by atoms with Gasteiger partial charge in [-0.2, -0.15) is 0 Å². The van der Waals surface area contributed by atoms with Crippen LogP contribution in [0.3, 0.4) is 0 Å². The molecule has 11 heavy (non-hydrogen) atoms. The summed E-state index contributed by atoms with van der Waals surface area (Å²) in [5.41, 5.74) is 2.87. The maximum absolute atomic E-state index is 9.87. The highest BCUT2D eigenvalue weighted by molar-refractivity contribution is 5.25. The smallest absolute Gasteiger partial charge is 0.115 e. The summed E-state index contributed by atoms with van der Waals surface area (Å²) in [6.45, 7) is 0.421. The predicted octanol–water partition coefficient (Wildman–Crippen LogP) is 1.02. The molecule has 0 aromatic heterocycles. The lowest BCUT2D eigenvalue weighted by atomic mass is 10.1. The van der Waals surface area contributed by atoms with E-state index in [4.69, 9.17) is 5.11 Å². The molecule has 0 aliphatic rings. The van der Waals surface area contributed by atoms with E-state index in [-0.39, 0.29) is 5.75 Å². The number of hydroxylamine groups is 1. The second-order valence-electron chi connectivity index (χ2n) is 2.31. The van der Waals surface area contributed by atoms with Gasteiger partial charge in [0.1, 0.15) is 5.75 Å². The van der Waals surface area contributed by atoms with Crippen molar-refractivity contribution in [3.8, 4) is 5.75 Å². The zero-order valence-corrected chi connectivity index (χ0v) is 6.08. The van der Waals surface area contributed by atoms with Crippen LogP contribution in [0.2, 0.25) is 0 Å². The minimum Gasteiger partial charge on any atom is -0.788 e. The second kappa shape index (κ2) is 3.95. The van der Waals surface area contributed by atoms with Crippen molar-refractivity contribution in [3.63, 3.8) is 0 Å². The van der Waals surface area contributed by atoms with Crippen LogP contribution in [0.4, 0.5) is 0 Å². The van der Waals surface area contributed by atoms with Gasteiger partial charge in [0.2, 0.25) is 0 Å². The first-order valence-corrected chi connectivity index (χ1v) is 3.46. The van der Waals surface area contributed by atoms with Gasteiger partial charge in [-0.1, -0.05) is 12.1 Å². The van der Waals surface area contributed by atoms with Crippen LogP contribution in [0.5, 0.6) is 5.75 Å². The van der Waals surface area contributed by atoms with Crippen molar-refractivity contribution < 1.29 is 5.11 Å². The summed E-state index contributed by atoms with van der Waals surface area (Å²) < 4.78 is 0. The summed E-state index contributed by atoms with van der Waals surface area (Å²) in [5, 5.41) is 18.8. The zero-order chi connectivity index (χ0) is 8.10. The minimum absolute atomic E-state index is 0.254. The molecule has 0 spiro atoms. The van der Waals surface area contributed by atoms with Crippen molar-refractivity contribution >= 4 is 0 Å². The Labute approximate surface area is 65.3 Å². The van der Waals surface area contributed by atoms with Gasteiger partial charge in [-0.15, -0.1) is 0 Å². The van der Waals surface area contributed by atoms with E-state index in [1.807, 2.05) is 5.48 Å². The first-order chi connectivity index (χ1) is 5.33. The van der Waals surface area contributed by atoms with Crippen LogP contribution in [-0.4, -0.2) is 11.7 Å². The summed E-state index contributed by atoms with van der Waals surface area (Å²) >= 11 is 0. The largest absolute Gasteiger partial charge is 0.788 e. The maximum atomic E-state index is 9.87. The van der Waals surface area contributed by atoms with Crippen LogP contribution in [-0.2, 0) is 6.42 Å². The van der Waals surface area contributed by atoms with Crippen molar-refractivity contribution in [3.05, 3.63) is 35.0 Å². The fraction of sp³-hybridized carbons (Fsp3) is 0.250. The third-order valence-corrected chi connectivity index (χ3v) is 1.45. The van der Waals surface area contributed by atoms with E-state index in [0.29, 0.717) is 13.0 Å². The molecule has 1 aromatic carbocycles. The van der Waals surface area contributed by atoms with Gasteiger partial charge < -0.3 is 15.8 Å². The third-order valence-electron chi connectivity index (χ3n) is 1.45.